The van der Waals surface area contributed by atoms with E-state index >= 15 is 0 Å². The minimum absolute atomic E-state index is 0.572. The fraction of sp³-hybridized carbons (Fsp3) is 0.867. The molecule has 0 saturated heterocycles. The Morgan fingerprint density at radius 1 is 1.37 bits per heavy atom. The van der Waals surface area contributed by atoms with E-state index in [0.717, 1.165) is 31.3 Å². The Bertz CT molecular complexity index is 366. The molecular formula is C15H28N4. The lowest BCUT2D eigenvalue weighted by Gasteiger charge is -2.24. The molecule has 4 nitrogen and oxygen atoms in total. The summed E-state index contributed by atoms with van der Waals surface area (Å²) in [7, 11) is 0. The summed E-state index contributed by atoms with van der Waals surface area (Å²) < 4.78 is 2.09. The van der Waals surface area contributed by atoms with Crippen LogP contribution in [0.25, 0.3) is 0 Å². The van der Waals surface area contributed by atoms with Gasteiger partial charge in [0.2, 0.25) is 0 Å². The van der Waals surface area contributed by atoms with Crippen molar-refractivity contribution in [1.82, 2.24) is 20.1 Å². The molecule has 0 amide bonds. The van der Waals surface area contributed by atoms with E-state index in [1.165, 1.54) is 25.7 Å². The van der Waals surface area contributed by atoms with Crippen molar-refractivity contribution in [1.29, 1.82) is 0 Å². The molecule has 1 aromatic rings. The summed E-state index contributed by atoms with van der Waals surface area (Å²) in [5, 5.41) is 8.04. The largest absolute Gasteiger partial charge is 0.314 e. The smallest absolute Gasteiger partial charge is 0.138 e. The molecule has 1 aliphatic rings. The number of hydrogen-bond acceptors (Lipinski definition) is 3. The van der Waals surface area contributed by atoms with E-state index in [0.29, 0.717) is 12.0 Å². The summed E-state index contributed by atoms with van der Waals surface area (Å²) in [5.41, 5.74) is 0. The van der Waals surface area contributed by atoms with Gasteiger partial charge in [0.1, 0.15) is 12.2 Å². The van der Waals surface area contributed by atoms with Crippen molar-refractivity contribution in [2.45, 2.75) is 65.5 Å². The van der Waals surface area contributed by atoms with Crippen molar-refractivity contribution in [3.8, 4) is 0 Å². The molecule has 1 N–H and O–H groups in total. The molecule has 0 aromatic carbocycles. The Morgan fingerprint density at radius 3 is 2.74 bits per heavy atom. The van der Waals surface area contributed by atoms with Gasteiger partial charge in [-0.1, -0.05) is 33.6 Å². The second kappa shape index (κ2) is 7.04. The SMILES string of the molecule is CCNC(Cc1ncnn1CC(C)C)C1CCCC1. The highest BCUT2D eigenvalue weighted by atomic mass is 15.3. The fourth-order valence-corrected chi connectivity index (χ4v) is 3.17. The maximum Gasteiger partial charge on any atom is 0.138 e. The molecule has 4 heteroatoms. The van der Waals surface area contributed by atoms with Crippen LogP contribution in [0.15, 0.2) is 6.33 Å². The Balaban J connectivity index is 2.01. The van der Waals surface area contributed by atoms with Gasteiger partial charge < -0.3 is 5.32 Å². The summed E-state index contributed by atoms with van der Waals surface area (Å²) in [6, 6.07) is 0.572. The Hall–Kier alpha value is -0.900. The molecule has 1 saturated carbocycles. The van der Waals surface area contributed by atoms with E-state index in [2.05, 4.69) is 40.9 Å². The van der Waals surface area contributed by atoms with E-state index in [1.54, 1.807) is 6.33 Å². The van der Waals surface area contributed by atoms with E-state index < -0.39 is 0 Å². The zero-order valence-corrected chi connectivity index (χ0v) is 12.6. The normalized spacial score (nSPS) is 18.3. The molecule has 0 bridgehead atoms. The number of hydrogen-bond donors (Lipinski definition) is 1. The van der Waals surface area contributed by atoms with Crippen LogP contribution >= 0.6 is 0 Å². The van der Waals surface area contributed by atoms with Crippen molar-refractivity contribution in [2.24, 2.45) is 11.8 Å². The Labute approximate surface area is 117 Å². The van der Waals surface area contributed by atoms with E-state index in [1.807, 2.05) is 0 Å². The fourth-order valence-electron chi connectivity index (χ4n) is 3.17. The van der Waals surface area contributed by atoms with Crippen LogP contribution in [0.5, 0.6) is 0 Å². The molecule has 108 valence electrons. The molecule has 0 spiro atoms. The third-order valence-electron chi connectivity index (χ3n) is 4.07. The monoisotopic (exact) mass is 264 g/mol. The van der Waals surface area contributed by atoms with Gasteiger partial charge in [0.05, 0.1) is 0 Å². The van der Waals surface area contributed by atoms with Gasteiger partial charge in [0.15, 0.2) is 0 Å². The van der Waals surface area contributed by atoms with Gasteiger partial charge in [-0.25, -0.2) is 9.67 Å². The van der Waals surface area contributed by atoms with Crippen molar-refractivity contribution >= 4 is 0 Å². The van der Waals surface area contributed by atoms with Crippen molar-refractivity contribution in [3.05, 3.63) is 12.2 Å². The Morgan fingerprint density at radius 2 is 2.11 bits per heavy atom. The average molecular weight is 264 g/mol. The van der Waals surface area contributed by atoms with Crippen LogP contribution in [0.4, 0.5) is 0 Å². The Kier molecular flexibility index (Phi) is 5.37. The molecule has 1 aromatic heterocycles. The first-order valence-electron chi connectivity index (χ1n) is 7.80. The summed E-state index contributed by atoms with van der Waals surface area (Å²) >= 11 is 0. The van der Waals surface area contributed by atoms with Crippen LogP contribution in [-0.2, 0) is 13.0 Å². The predicted octanol–water partition coefficient (Wildman–Crippen LogP) is 2.64. The standard InChI is InChI=1S/C15H28N4/c1-4-16-14(13-7-5-6-8-13)9-15-17-11-18-19(15)10-12(2)3/h11-14,16H,4-10H2,1-3H3. The van der Waals surface area contributed by atoms with Gasteiger partial charge in [-0.3, -0.25) is 0 Å². The van der Waals surface area contributed by atoms with Crippen molar-refractivity contribution in [2.75, 3.05) is 6.54 Å². The van der Waals surface area contributed by atoms with Crippen molar-refractivity contribution in [3.63, 3.8) is 0 Å². The van der Waals surface area contributed by atoms with E-state index in [-0.39, 0.29) is 0 Å². The second-order valence-electron chi connectivity index (χ2n) is 6.17. The molecule has 0 aliphatic heterocycles. The third-order valence-corrected chi connectivity index (χ3v) is 4.07. The zero-order valence-electron chi connectivity index (χ0n) is 12.6. The minimum Gasteiger partial charge on any atom is -0.314 e. The van der Waals surface area contributed by atoms with Gasteiger partial charge in [-0.2, -0.15) is 5.10 Å². The minimum atomic E-state index is 0.572. The van der Waals surface area contributed by atoms with Crippen LogP contribution in [0.3, 0.4) is 0 Å². The quantitative estimate of drug-likeness (QED) is 0.823. The van der Waals surface area contributed by atoms with Crippen LogP contribution < -0.4 is 5.32 Å². The van der Waals surface area contributed by atoms with Crippen LogP contribution in [-0.4, -0.2) is 27.4 Å². The van der Waals surface area contributed by atoms with Crippen LogP contribution in [0, 0.1) is 11.8 Å². The topological polar surface area (TPSA) is 42.7 Å². The number of likely N-dealkylation sites (N-methyl/N-ethyl adjacent to an activating group) is 1. The molecule has 1 fully saturated rings. The highest BCUT2D eigenvalue weighted by Crippen LogP contribution is 2.29. The maximum absolute atomic E-state index is 4.47. The third kappa shape index (κ3) is 4.03. The molecule has 1 atom stereocenters. The van der Waals surface area contributed by atoms with Crippen molar-refractivity contribution < 1.29 is 0 Å². The lowest BCUT2D eigenvalue weighted by Crippen LogP contribution is -2.37. The lowest BCUT2D eigenvalue weighted by molar-refractivity contribution is 0.347. The molecule has 0 radical (unpaired) electrons. The van der Waals surface area contributed by atoms with Gasteiger partial charge >= 0.3 is 0 Å². The predicted molar refractivity (Wildman–Crippen MR) is 78.0 cm³/mol. The first-order valence-corrected chi connectivity index (χ1v) is 7.80. The molecular weight excluding hydrogens is 236 g/mol. The summed E-state index contributed by atoms with van der Waals surface area (Å²) in [6.07, 6.45) is 8.25. The molecule has 2 rings (SSSR count). The van der Waals surface area contributed by atoms with Crippen LogP contribution in [0.1, 0.15) is 52.3 Å². The van der Waals surface area contributed by atoms with Gasteiger partial charge in [-0.15, -0.1) is 0 Å². The lowest BCUT2D eigenvalue weighted by atomic mass is 9.95. The van der Waals surface area contributed by atoms with Gasteiger partial charge in [0.25, 0.3) is 0 Å². The molecule has 19 heavy (non-hydrogen) atoms. The van der Waals surface area contributed by atoms with Gasteiger partial charge in [-0.05, 0) is 31.2 Å². The van der Waals surface area contributed by atoms with E-state index in [4.69, 9.17) is 0 Å². The summed E-state index contributed by atoms with van der Waals surface area (Å²) in [4.78, 5) is 4.47. The zero-order chi connectivity index (χ0) is 13.7. The highest BCUT2D eigenvalue weighted by Gasteiger charge is 2.25. The maximum atomic E-state index is 4.47. The number of aromatic nitrogens is 3. The molecule has 1 aliphatic carbocycles. The molecule has 1 heterocycles. The molecule has 1 unspecified atom stereocenters. The highest BCUT2D eigenvalue weighted by molar-refractivity contribution is 4.93. The summed E-state index contributed by atoms with van der Waals surface area (Å²) in [6.45, 7) is 8.66. The van der Waals surface area contributed by atoms with Gasteiger partial charge in [0, 0.05) is 19.0 Å². The first kappa shape index (κ1) is 14.5. The average Bonchev–Trinajstić information content (AvgIpc) is 3.00. The van der Waals surface area contributed by atoms with Crippen LogP contribution in [0.2, 0.25) is 0 Å². The number of rotatable bonds is 7. The van der Waals surface area contributed by atoms with E-state index in [9.17, 15) is 0 Å². The first-order chi connectivity index (χ1) is 9.20. The summed E-state index contributed by atoms with van der Waals surface area (Å²) in [5.74, 6) is 2.58. The second-order valence-corrected chi connectivity index (χ2v) is 6.17. The number of nitrogens with zero attached hydrogens (tertiary/aromatic N) is 3. The number of nitrogens with one attached hydrogen (secondary N) is 1.